The number of hydrogen-bond donors (Lipinski definition) is 1. The lowest BCUT2D eigenvalue weighted by Crippen LogP contribution is -2.10. The van der Waals surface area contributed by atoms with Crippen molar-refractivity contribution in [2.24, 2.45) is 0 Å². The number of aromatic nitrogens is 2. The van der Waals surface area contributed by atoms with Gasteiger partial charge in [-0.2, -0.15) is 0 Å². The Morgan fingerprint density at radius 3 is 2.28 bits per heavy atom. The maximum Gasteiger partial charge on any atom is 0.127 e. The summed E-state index contributed by atoms with van der Waals surface area (Å²) in [4.78, 5) is 7.29. The maximum absolute atomic E-state index is 4.14. The molecular formula is C15H19BrN2. The number of hydrogen-bond acceptors (Lipinski definition) is 1. The first-order valence-corrected chi connectivity index (χ1v) is 7.03. The SMILES string of the molecule is CC(C)(C)c1ccc(CCc2[nH]cnc2Br)cc1. The minimum absolute atomic E-state index is 0.227. The Hall–Kier alpha value is -1.09. The van der Waals surface area contributed by atoms with Crippen molar-refractivity contribution in [2.75, 3.05) is 0 Å². The molecule has 0 saturated carbocycles. The Morgan fingerprint density at radius 2 is 1.78 bits per heavy atom. The lowest BCUT2D eigenvalue weighted by Gasteiger charge is -2.19. The minimum atomic E-state index is 0.227. The molecule has 0 radical (unpaired) electrons. The van der Waals surface area contributed by atoms with Crippen molar-refractivity contribution in [2.45, 2.75) is 39.0 Å². The Morgan fingerprint density at radius 1 is 1.11 bits per heavy atom. The van der Waals surface area contributed by atoms with E-state index in [1.54, 1.807) is 6.33 Å². The summed E-state index contributed by atoms with van der Waals surface area (Å²) < 4.78 is 0.925. The summed E-state index contributed by atoms with van der Waals surface area (Å²) in [6.07, 6.45) is 3.74. The molecule has 0 amide bonds. The van der Waals surface area contributed by atoms with E-state index in [1.807, 2.05) is 0 Å². The molecule has 0 bridgehead atoms. The monoisotopic (exact) mass is 306 g/mol. The van der Waals surface area contributed by atoms with E-state index in [1.165, 1.54) is 11.1 Å². The number of H-pyrrole nitrogens is 1. The molecule has 0 saturated heterocycles. The van der Waals surface area contributed by atoms with Gasteiger partial charge >= 0.3 is 0 Å². The van der Waals surface area contributed by atoms with Crippen LogP contribution in [-0.2, 0) is 18.3 Å². The molecule has 1 heterocycles. The Labute approximate surface area is 117 Å². The number of benzene rings is 1. The van der Waals surface area contributed by atoms with Crippen molar-refractivity contribution in [1.82, 2.24) is 9.97 Å². The molecule has 1 aromatic heterocycles. The summed E-state index contributed by atoms with van der Waals surface area (Å²) in [7, 11) is 0. The van der Waals surface area contributed by atoms with Gasteiger partial charge in [-0.15, -0.1) is 0 Å². The molecule has 1 N–H and O–H groups in total. The van der Waals surface area contributed by atoms with Gasteiger partial charge in [-0.3, -0.25) is 0 Å². The van der Waals surface area contributed by atoms with Crippen molar-refractivity contribution >= 4 is 15.9 Å². The van der Waals surface area contributed by atoms with Gasteiger partial charge in [-0.05, 0) is 45.3 Å². The molecule has 0 aliphatic carbocycles. The number of rotatable bonds is 3. The zero-order valence-corrected chi connectivity index (χ0v) is 12.7. The second kappa shape index (κ2) is 5.27. The van der Waals surface area contributed by atoms with Crippen molar-refractivity contribution in [3.05, 3.63) is 52.0 Å². The van der Waals surface area contributed by atoms with Crippen LogP contribution in [0.2, 0.25) is 0 Å². The van der Waals surface area contributed by atoms with Gasteiger partial charge in [0.2, 0.25) is 0 Å². The molecule has 2 aromatic rings. The predicted molar refractivity (Wildman–Crippen MR) is 78.8 cm³/mol. The highest BCUT2D eigenvalue weighted by Gasteiger charge is 2.12. The van der Waals surface area contributed by atoms with Crippen molar-refractivity contribution < 1.29 is 0 Å². The third-order valence-electron chi connectivity index (χ3n) is 3.15. The van der Waals surface area contributed by atoms with Crippen LogP contribution in [0.1, 0.15) is 37.6 Å². The fourth-order valence-electron chi connectivity index (χ4n) is 1.92. The van der Waals surface area contributed by atoms with Gasteiger partial charge in [0.15, 0.2) is 0 Å². The zero-order valence-electron chi connectivity index (χ0n) is 11.1. The van der Waals surface area contributed by atoms with Crippen LogP contribution in [0.25, 0.3) is 0 Å². The number of aromatic amines is 1. The van der Waals surface area contributed by atoms with Gasteiger partial charge in [-0.25, -0.2) is 4.98 Å². The van der Waals surface area contributed by atoms with E-state index in [2.05, 4.69) is 70.9 Å². The maximum atomic E-state index is 4.14. The standard InChI is InChI=1S/C15H19BrN2/c1-15(2,3)12-7-4-11(5-8-12)6-9-13-14(16)18-10-17-13/h4-5,7-8,10H,6,9H2,1-3H3,(H,17,18). The quantitative estimate of drug-likeness (QED) is 0.902. The highest BCUT2D eigenvalue weighted by Crippen LogP contribution is 2.22. The number of nitrogens with zero attached hydrogens (tertiary/aromatic N) is 1. The normalized spacial score (nSPS) is 11.8. The van der Waals surface area contributed by atoms with Crippen LogP contribution in [0.15, 0.2) is 35.2 Å². The molecule has 0 fully saturated rings. The van der Waals surface area contributed by atoms with Gasteiger partial charge in [0, 0.05) is 5.69 Å². The van der Waals surface area contributed by atoms with Crippen LogP contribution in [0, 0.1) is 0 Å². The highest BCUT2D eigenvalue weighted by atomic mass is 79.9. The summed E-state index contributed by atoms with van der Waals surface area (Å²) in [5.41, 5.74) is 4.14. The molecule has 2 rings (SSSR count). The second-order valence-corrected chi connectivity index (χ2v) is 6.37. The van der Waals surface area contributed by atoms with E-state index in [9.17, 15) is 0 Å². The molecule has 96 valence electrons. The largest absolute Gasteiger partial charge is 0.348 e. The predicted octanol–water partition coefficient (Wildman–Crippen LogP) is 4.25. The topological polar surface area (TPSA) is 28.7 Å². The van der Waals surface area contributed by atoms with Gasteiger partial charge in [0.25, 0.3) is 0 Å². The lowest BCUT2D eigenvalue weighted by atomic mass is 9.86. The second-order valence-electron chi connectivity index (χ2n) is 5.62. The molecule has 18 heavy (non-hydrogen) atoms. The summed E-state index contributed by atoms with van der Waals surface area (Å²) >= 11 is 3.44. The van der Waals surface area contributed by atoms with Crippen molar-refractivity contribution in [3.8, 4) is 0 Å². The summed E-state index contributed by atoms with van der Waals surface area (Å²) in [5, 5.41) is 0. The molecule has 1 aromatic carbocycles. The summed E-state index contributed by atoms with van der Waals surface area (Å²) in [6.45, 7) is 6.72. The first-order chi connectivity index (χ1) is 8.47. The van der Waals surface area contributed by atoms with Crippen LogP contribution >= 0.6 is 15.9 Å². The van der Waals surface area contributed by atoms with Gasteiger partial charge in [0.1, 0.15) is 4.60 Å². The average molecular weight is 307 g/mol. The van der Waals surface area contributed by atoms with Gasteiger partial charge < -0.3 is 4.98 Å². The van der Waals surface area contributed by atoms with E-state index < -0.39 is 0 Å². The first kappa shape index (κ1) is 13.3. The van der Waals surface area contributed by atoms with Crippen molar-refractivity contribution in [3.63, 3.8) is 0 Å². The van der Waals surface area contributed by atoms with E-state index in [0.29, 0.717) is 0 Å². The van der Waals surface area contributed by atoms with Crippen LogP contribution in [0.4, 0.5) is 0 Å². The third kappa shape index (κ3) is 3.22. The van der Waals surface area contributed by atoms with E-state index in [0.717, 1.165) is 23.1 Å². The number of aryl methyl sites for hydroxylation is 2. The van der Waals surface area contributed by atoms with E-state index in [-0.39, 0.29) is 5.41 Å². The number of imidazole rings is 1. The highest BCUT2D eigenvalue weighted by molar-refractivity contribution is 9.10. The third-order valence-corrected chi connectivity index (χ3v) is 3.83. The minimum Gasteiger partial charge on any atom is -0.348 e. The first-order valence-electron chi connectivity index (χ1n) is 6.24. The van der Waals surface area contributed by atoms with Gasteiger partial charge in [0.05, 0.1) is 6.33 Å². The van der Waals surface area contributed by atoms with Gasteiger partial charge in [-0.1, -0.05) is 45.0 Å². The lowest BCUT2D eigenvalue weighted by molar-refractivity contribution is 0.590. The molecule has 2 nitrogen and oxygen atoms in total. The Kier molecular flexibility index (Phi) is 3.91. The van der Waals surface area contributed by atoms with Crippen LogP contribution in [0.5, 0.6) is 0 Å². The molecule has 3 heteroatoms. The molecule has 0 aliphatic rings. The van der Waals surface area contributed by atoms with Crippen LogP contribution in [0.3, 0.4) is 0 Å². The number of halogens is 1. The molecule has 0 spiro atoms. The van der Waals surface area contributed by atoms with E-state index in [4.69, 9.17) is 0 Å². The smallest absolute Gasteiger partial charge is 0.127 e. The van der Waals surface area contributed by atoms with Crippen LogP contribution < -0.4 is 0 Å². The molecule has 0 aliphatic heterocycles. The molecular weight excluding hydrogens is 288 g/mol. The Bertz CT molecular complexity index is 506. The van der Waals surface area contributed by atoms with Crippen LogP contribution in [-0.4, -0.2) is 9.97 Å². The summed E-state index contributed by atoms with van der Waals surface area (Å²) in [6, 6.07) is 8.92. The van der Waals surface area contributed by atoms with Crippen molar-refractivity contribution in [1.29, 1.82) is 0 Å². The number of nitrogens with one attached hydrogen (secondary N) is 1. The molecule has 0 atom stereocenters. The fourth-order valence-corrected chi connectivity index (χ4v) is 2.34. The average Bonchev–Trinajstić information content (AvgIpc) is 2.72. The fraction of sp³-hybridized carbons (Fsp3) is 0.400. The summed E-state index contributed by atoms with van der Waals surface area (Å²) in [5.74, 6) is 0. The molecule has 0 unspecified atom stereocenters. The van der Waals surface area contributed by atoms with E-state index >= 15 is 0 Å². The zero-order chi connectivity index (χ0) is 13.2. The Balaban J connectivity index is 2.01.